The van der Waals surface area contributed by atoms with Crippen LogP contribution in [0.25, 0.3) is 0 Å². The molecule has 0 aromatic heterocycles. The van der Waals surface area contributed by atoms with Crippen LogP contribution in [-0.2, 0) is 13.6 Å². The molecule has 0 amide bonds. The van der Waals surface area contributed by atoms with Gasteiger partial charge in [-0.25, -0.2) is 0 Å². The van der Waals surface area contributed by atoms with Gasteiger partial charge in [-0.3, -0.25) is 0 Å². The Balaban J connectivity index is 0.000000885. The molecule has 0 aromatic rings. The summed E-state index contributed by atoms with van der Waals surface area (Å²) in [4.78, 5) is 0. The highest BCUT2D eigenvalue weighted by Gasteiger charge is 2.58. The van der Waals surface area contributed by atoms with Gasteiger partial charge in [-0.05, 0) is 39.7 Å². The third kappa shape index (κ3) is 5.36. The standard InChI is InChI=1S/C13H28O3Si.C4H6/c1-5-13(14-6-2)11-9-10-12-17(13,15-7-3)16-8-4;1-3-4-2/h5-12H2,1-4H3;3-4H,1-2H2. The van der Waals surface area contributed by atoms with Gasteiger partial charge in [0.05, 0.1) is 0 Å². The Hall–Kier alpha value is -0.423. The number of allylic oxidation sites excluding steroid dienone is 2. The van der Waals surface area contributed by atoms with Crippen LogP contribution in [0, 0.1) is 0 Å². The molecule has 1 unspecified atom stereocenters. The van der Waals surface area contributed by atoms with Crippen molar-refractivity contribution in [1.82, 2.24) is 0 Å². The number of hydrogen-bond donors (Lipinski definition) is 0. The summed E-state index contributed by atoms with van der Waals surface area (Å²) < 4.78 is 18.5. The SMILES string of the molecule is C=CC=C.CCOC1(CC)CCCC[Si]1(OCC)OCC. The molecule has 0 aliphatic carbocycles. The van der Waals surface area contributed by atoms with Crippen LogP contribution in [0.2, 0.25) is 6.04 Å². The zero-order valence-corrected chi connectivity index (χ0v) is 15.5. The van der Waals surface area contributed by atoms with E-state index in [9.17, 15) is 0 Å². The quantitative estimate of drug-likeness (QED) is 0.477. The van der Waals surface area contributed by atoms with Crippen molar-refractivity contribution in [3.8, 4) is 0 Å². The average molecular weight is 315 g/mol. The summed E-state index contributed by atoms with van der Waals surface area (Å²) in [5.41, 5.74) is 0. The van der Waals surface area contributed by atoms with E-state index in [0.29, 0.717) is 0 Å². The van der Waals surface area contributed by atoms with Gasteiger partial charge < -0.3 is 13.6 Å². The van der Waals surface area contributed by atoms with E-state index in [1.807, 2.05) is 0 Å². The maximum absolute atomic E-state index is 6.16. The largest absolute Gasteiger partial charge is 0.393 e. The molecular formula is C17H34O3Si. The molecule has 1 rings (SSSR count). The topological polar surface area (TPSA) is 27.7 Å². The first-order valence-electron chi connectivity index (χ1n) is 8.27. The third-order valence-electron chi connectivity index (χ3n) is 3.94. The van der Waals surface area contributed by atoms with Crippen LogP contribution in [0.1, 0.15) is 53.4 Å². The van der Waals surface area contributed by atoms with E-state index in [1.165, 1.54) is 12.8 Å². The summed E-state index contributed by atoms with van der Waals surface area (Å²) in [5.74, 6) is 0. The predicted octanol–water partition coefficient (Wildman–Crippen LogP) is 4.77. The first-order valence-corrected chi connectivity index (χ1v) is 10.3. The molecule has 124 valence electrons. The van der Waals surface area contributed by atoms with Crippen LogP contribution >= 0.6 is 0 Å². The van der Waals surface area contributed by atoms with Crippen LogP contribution in [0.15, 0.2) is 25.3 Å². The molecule has 4 heteroatoms. The van der Waals surface area contributed by atoms with Gasteiger partial charge in [-0.2, -0.15) is 0 Å². The Morgan fingerprint density at radius 1 is 0.952 bits per heavy atom. The van der Waals surface area contributed by atoms with Crippen LogP contribution in [-0.4, -0.2) is 33.6 Å². The maximum Gasteiger partial charge on any atom is 0.371 e. The van der Waals surface area contributed by atoms with Gasteiger partial charge in [0.15, 0.2) is 0 Å². The van der Waals surface area contributed by atoms with Gasteiger partial charge in [0.2, 0.25) is 0 Å². The minimum atomic E-state index is -2.21. The predicted molar refractivity (Wildman–Crippen MR) is 92.7 cm³/mol. The monoisotopic (exact) mass is 314 g/mol. The Bertz CT molecular complexity index is 272. The van der Waals surface area contributed by atoms with Crippen LogP contribution in [0.4, 0.5) is 0 Å². The zero-order chi connectivity index (χ0) is 16.2. The van der Waals surface area contributed by atoms with Crippen molar-refractivity contribution >= 4 is 8.56 Å². The van der Waals surface area contributed by atoms with Crippen molar-refractivity contribution in [1.29, 1.82) is 0 Å². The van der Waals surface area contributed by atoms with Gasteiger partial charge in [0, 0.05) is 19.8 Å². The summed E-state index contributed by atoms with van der Waals surface area (Å²) in [5, 5.41) is -0.119. The lowest BCUT2D eigenvalue weighted by atomic mass is 10.1. The van der Waals surface area contributed by atoms with E-state index in [4.69, 9.17) is 13.6 Å². The summed E-state index contributed by atoms with van der Waals surface area (Å²) in [6.45, 7) is 17.4. The number of hydrogen-bond acceptors (Lipinski definition) is 3. The Morgan fingerprint density at radius 3 is 1.90 bits per heavy atom. The van der Waals surface area contributed by atoms with Crippen molar-refractivity contribution in [2.75, 3.05) is 19.8 Å². The molecule has 0 spiro atoms. The molecule has 0 saturated carbocycles. The molecule has 0 aromatic carbocycles. The molecule has 3 nitrogen and oxygen atoms in total. The highest BCUT2D eigenvalue weighted by atomic mass is 28.4. The lowest BCUT2D eigenvalue weighted by Crippen LogP contribution is -2.65. The molecule has 1 aliphatic heterocycles. The summed E-state index contributed by atoms with van der Waals surface area (Å²) in [6, 6.07) is 1.09. The van der Waals surface area contributed by atoms with Crippen LogP contribution in [0.5, 0.6) is 0 Å². The molecule has 1 heterocycles. The lowest BCUT2D eigenvalue weighted by molar-refractivity contribution is -0.0426. The normalized spacial score (nSPS) is 23.8. The smallest absolute Gasteiger partial charge is 0.371 e. The molecule has 1 atom stereocenters. The van der Waals surface area contributed by atoms with Crippen molar-refractivity contribution in [3.05, 3.63) is 25.3 Å². The molecule has 1 fully saturated rings. The van der Waals surface area contributed by atoms with E-state index in [-0.39, 0.29) is 5.22 Å². The fourth-order valence-electron chi connectivity index (χ4n) is 3.11. The minimum Gasteiger partial charge on any atom is -0.393 e. The molecule has 0 bridgehead atoms. The molecule has 0 radical (unpaired) electrons. The van der Waals surface area contributed by atoms with Gasteiger partial charge in [-0.15, -0.1) is 0 Å². The lowest BCUT2D eigenvalue weighted by Gasteiger charge is -2.49. The molecule has 21 heavy (non-hydrogen) atoms. The van der Waals surface area contributed by atoms with E-state index in [2.05, 4.69) is 40.9 Å². The number of rotatable bonds is 8. The minimum absolute atomic E-state index is 0.119. The van der Waals surface area contributed by atoms with Gasteiger partial charge in [0.25, 0.3) is 0 Å². The van der Waals surface area contributed by atoms with Gasteiger partial charge >= 0.3 is 8.56 Å². The maximum atomic E-state index is 6.16. The van der Waals surface area contributed by atoms with E-state index in [1.54, 1.807) is 12.2 Å². The highest BCUT2D eigenvalue weighted by Crippen LogP contribution is 2.42. The first-order chi connectivity index (χ1) is 10.1. The third-order valence-corrected chi connectivity index (χ3v) is 8.60. The average Bonchev–Trinajstić information content (AvgIpc) is 2.50. The molecule has 1 aliphatic rings. The van der Waals surface area contributed by atoms with E-state index in [0.717, 1.165) is 38.7 Å². The summed E-state index contributed by atoms with van der Waals surface area (Å²) >= 11 is 0. The first kappa shape index (κ1) is 20.6. The van der Waals surface area contributed by atoms with Gasteiger partial charge in [0.1, 0.15) is 5.22 Å². The van der Waals surface area contributed by atoms with Crippen molar-refractivity contribution in [2.24, 2.45) is 0 Å². The second kappa shape index (κ2) is 11.2. The molecular weight excluding hydrogens is 280 g/mol. The van der Waals surface area contributed by atoms with E-state index < -0.39 is 8.56 Å². The Morgan fingerprint density at radius 2 is 1.52 bits per heavy atom. The summed E-state index contributed by atoms with van der Waals surface area (Å²) in [6.07, 6.45) is 7.85. The summed E-state index contributed by atoms with van der Waals surface area (Å²) in [7, 11) is -2.21. The zero-order valence-electron chi connectivity index (χ0n) is 14.5. The van der Waals surface area contributed by atoms with E-state index >= 15 is 0 Å². The fourth-order valence-corrected chi connectivity index (χ4v) is 7.57. The second-order valence-corrected chi connectivity index (χ2v) is 8.57. The van der Waals surface area contributed by atoms with Crippen molar-refractivity contribution < 1.29 is 13.6 Å². The highest BCUT2D eigenvalue weighted by molar-refractivity contribution is 6.70. The Labute approximate surface area is 132 Å². The van der Waals surface area contributed by atoms with Crippen LogP contribution in [0.3, 0.4) is 0 Å². The van der Waals surface area contributed by atoms with Crippen LogP contribution < -0.4 is 0 Å². The number of ether oxygens (including phenoxy) is 1. The Kier molecular flexibility index (Phi) is 11.0. The molecule has 1 saturated heterocycles. The second-order valence-electron chi connectivity index (χ2n) is 5.08. The van der Waals surface area contributed by atoms with Gasteiger partial charge in [-0.1, -0.05) is 45.1 Å². The fraction of sp³-hybridized carbons (Fsp3) is 0.765. The molecule has 0 N–H and O–H groups in total. The van der Waals surface area contributed by atoms with Crippen molar-refractivity contribution in [2.45, 2.75) is 64.6 Å². The van der Waals surface area contributed by atoms with Crippen molar-refractivity contribution in [3.63, 3.8) is 0 Å².